The van der Waals surface area contributed by atoms with Crippen LogP contribution in [0.1, 0.15) is 39.0 Å². The van der Waals surface area contributed by atoms with E-state index in [0.717, 1.165) is 19.3 Å². The van der Waals surface area contributed by atoms with Crippen LogP contribution in [0, 0.1) is 5.92 Å². The van der Waals surface area contributed by atoms with E-state index in [4.69, 9.17) is 0 Å². The van der Waals surface area contributed by atoms with Gasteiger partial charge in [-0.15, -0.1) is 0 Å². The summed E-state index contributed by atoms with van der Waals surface area (Å²) in [5, 5.41) is 0. The largest absolute Gasteiger partial charge is 0.300 e. The van der Waals surface area contributed by atoms with Gasteiger partial charge < -0.3 is 0 Å². The lowest BCUT2D eigenvalue weighted by Crippen LogP contribution is -2.19. The molecule has 0 radical (unpaired) electrons. The van der Waals surface area contributed by atoms with Gasteiger partial charge in [-0.1, -0.05) is 19.8 Å². The third-order valence-electron chi connectivity index (χ3n) is 2.59. The molecule has 0 heterocycles. The zero-order valence-electron chi connectivity index (χ0n) is 8.99. The van der Waals surface area contributed by atoms with Crippen molar-refractivity contribution in [3.05, 3.63) is 12.2 Å². The van der Waals surface area contributed by atoms with Crippen LogP contribution < -0.4 is 0 Å². The molecule has 0 unspecified atom stereocenters. The molecule has 0 fully saturated rings. The minimum Gasteiger partial charge on any atom is -0.300 e. The summed E-state index contributed by atoms with van der Waals surface area (Å²) in [7, 11) is 0. The summed E-state index contributed by atoms with van der Waals surface area (Å²) in [5.74, 6) is -1.12. The van der Waals surface area contributed by atoms with Crippen molar-refractivity contribution in [2.75, 3.05) is 0 Å². The summed E-state index contributed by atoms with van der Waals surface area (Å²) < 4.78 is 0. The number of hydrogen-bond donors (Lipinski definition) is 0. The van der Waals surface area contributed by atoms with Crippen molar-refractivity contribution in [1.82, 2.24) is 0 Å². The van der Waals surface area contributed by atoms with Gasteiger partial charge >= 0.3 is 0 Å². The lowest BCUT2D eigenvalue weighted by atomic mass is 9.96. The molecule has 0 aliphatic heterocycles. The van der Waals surface area contributed by atoms with Crippen molar-refractivity contribution in [2.45, 2.75) is 39.0 Å². The van der Waals surface area contributed by atoms with Crippen molar-refractivity contribution in [3.8, 4) is 0 Å². The quantitative estimate of drug-likeness (QED) is 0.494. The highest BCUT2D eigenvalue weighted by atomic mass is 16.2. The molecule has 0 atom stereocenters. The number of hydrogen-bond acceptors (Lipinski definition) is 3. The highest BCUT2D eigenvalue weighted by molar-refractivity contribution is 6.20. The molecule has 0 aromatic heterocycles. The average molecular weight is 208 g/mol. The minimum atomic E-state index is -0.709. The maximum Gasteiger partial charge on any atom is 0.167 e. The maximum absolute atomic E-state index is 11.4. The molecular weight excluding hydrogens is 192 g/mol. The normalized spacial score (nSPS) is 16.3. The topological polar surface area (TPSA) is 51.2 Å². The van der Waals surface area contributed by atoms with Gasteiger partial charge in [0.15, 0.2) is 11.6 Å². The fourth-order valence-electron chi connectivity index (χ4n) is 1.64. The van der Waals surface area contributed by atoms with Crippen molar-refractivity contribution in [1.29, 1.82) is 0 Å². The third kappa shape index (κ3) is 3.42. The van der Waals surface area contributed by atoms with Crippen LogP contribution in [-0.4, -0.2) is 17.3 Å². The average Bonchev–Trinajstić information content (AvgIpc) is 2.50. The van der Waals surface area contributed by atoms with Gasteiger partial charge in [0.1, 0.15) is 5.78 Å². The van der Waals surface area contributed by atoms with Crippen molar-refractivity contribution < 1.29 is 14.4 Å². The minimum absolute atomic E-state index is 0.0267. The molecule has 3 heteroatoms. The number of carbonyl (C=O) groups is 3. The molecule has 1 aliphatic rings. The van der Waals surface area contributed by atoms with E-state index >= 15 is 0 Å². The Morgan fingerprint density at radius 3 is 2.33 bits per heavy atom. The fraction of sp³-hybridized carbons (Fsp3) is 0.583. The van der Waals surface area contributed by atoms with E-state index in [1.807, 2.05) is 0 Å². The zero-order chi connectivity index (χ0) is 11.3. The van der Waals surface area contributed by atoms with Crippen LogP contribution in [0.5, 0.6) is 0 Å². The molecule has 0 aromatic carbocycles. The Kier molecular flexibility index (Phi) is 4.40. The number of rotatable bonds is 6. The molecule has 0 bridgehead atoms. The van der Waals surface area contributed by atoms with E-state index in [-0.39, 0.29) is 23.8 Å². The van der Waals surface area contributed by atoms with Gasteiger partial charge in [0.25, 0.3) is 0 Å². The molecule has 1 aliphatic carbocycles. The Labute approximate surface area is 89.5 Å². The molecule has 15 heavy (non-hydrogen) atoms. The van der Waals surface area contributed by atoms with E-state index in [1.165, 1.54) is 12.2 Å². The summed E-state index contributed by atoms with van der Waals surface area (Å²) in [5.41, 5.74) is 0. The second-order valence-electron chi connectivity index (χ2n) is 3.89. The first-order chi connectivity index (χ1) is 7.15. The molecule has 3 nitrogen and oxygen atoms in total. The van der Waals surface area contributed by atoms with Crippen LogP contribution in [0.3, 0.4) is 0 Å². The predicted octanol–water partition coefficient (Wildman–Crippen LogP) is 1.85. The molecule has 1 rings (SSSR count). The molecule has 0 spiro atoms. The van der Waals surface area contributed by atoms with E-state index in [9.17, 15) is 14.4 Å². The maximum atomic E-state index is 11.4. The third-order valence-corrected chi connectivity index (χ3v) is 2.59. The molecule has 0 aromatic rings. The van der Waals surface area contributed by atoms with Gasteiger partial charge in [-0.25, -0.2) is 0 Å². The second-order valence-corrected chi connectivity index (χ2v) is 3.89. The monoisotopic (exact) mass is 208 g/mol. The Morgan fingerprint density at radius 1 is 1.20 bits per heavy atom. The molecule has 0 amide bonds. The van der Waals surface area contributed by atoms with Crippen LogP contribution in [0.15, 0.2) is 12.2 Å². The summed E-state index contributed by atoms with van der Waals surface area (Å²) in [6.45, 7) is 2.07. The van der Waals surface area contributed by atoms with Crippen LogP contribution in [-0.2, 0) is 14.4 Å². The zero-order valence-corrected chi connectivity index (χ0v) is 8.99. The summed E-state index contributed by atoms with van der Waals surface area (Å²) in [6, 6.07) is 0. The molecular formula is C12H16O3. The van der Waals surface area contributed by atoms with Gasteiger partial charge in [0.05, 0.1) is 5.92 Å². The summed E-state index contributed by atoms with van der Waals surface area (Å²) >= 11 is 0. The lowest BCUT2D eigenvalue weighted by Gasteiger charge is -2.05. The van der Waals surface area contributed by atoms with Crippen LogP contribution in [0.2, 0.25) is 0 Å². The summed E-state index contributed by atoms with van der Waals surface area (Å²) in [4.78, 5) is 33.8. The first-order valence-corrected chi connectivity index (χ1v) is 5.42. The van der Waals surface area contributed by atoms with E-state index < -0.39 is 5.92 Å². The second kappa shape index (κ2) is 5.59. The van der Waals surface area contributed by atoms with Gasteiger partial charge in [-0.3, -0.25) is 14.4 Å². The van der Waals surface area contributed by atoms with E-state index in [0.29, 0.717) is 6.42 Å². The Hall–Kier alpha value is -1.25. The van der Waals surface area contributed by atoms with Gasteiger partial charge in [0.2, 0.25) is 0 Å². The molecule has 0 saturated carbocycles. The standard InChI is InChI=1S/C12H16O3/c1-2-3-4-5-9(13)8-10-11(14)6-7-12(10)15/h6-7,10H,2-5,8H2,1H3. The lowest BCUT2D eigenvalue weighted by molar-refractivity contribution is -0.131. The number of allylic oxidation sites excluding steroid dienone is 2. The van der Waals surface area contributed by atoms with E-state index in [2.05, 4.69) is 6.92 Å². The van der Waals surface area contributed by atoms with Crippen molar-refractivity contribution in [2.24, 2.45) is 5.92 Å². The van der Waals surface area contributed by atoms with Gasteiger partial charge in [-0.05, 0) is 18.6 Å². The fourth-order valence-corrected chi connectivity index (χ4v) is 1.64. The SMILES string of the molecule is CCCCCC(=O)CC1C(=O)C=CC1=O. The van der Waals surface area contributed by atoms with Crippen LogP contribution >= 0.6 is 0 Å². The highest BCUT2D eigenvalue weighted by Gasteiger charge is 2.29. The first kappa shape index (κ1) is 11.8. The van der Waals surface area contributed by atoms with Crippen LogP contribution in [0.4, 0.5) is 0 Å². The Balaban J connectivity index is 2.32. The van der Waals surface area contributed by atoms with Crippen LogP contribution in [0.25, 0.3) is 0 Å². The molecule has 0 saturated heterocycles. The highest BCUT2D eigenvalue weighted by Crippen LogP contribution is 2.16. The van der Waals surface area contributed by atoms with Crippen molar-refractivity contribution >= 4 is 17.3 Å². The number of unbranched alkanes of at least 4 members (excludes halogenated alkanes) is 2. The van der Waals surface area contributed by atoms with Gasteiger partial charge in [0, 0.05) is 12.8 Å². The summed E-state index contributed by atoms with van der Waals surface area (Å²) in [6.07, 6.45) is 6.07. The number of Topliss-reactive ketones (excluding diaryl/α,β-unsaturated/α-hetero) is 1. The Bertz CT molecular complexity index is 284. The molecule has 0 N–H and O–H groups in total. The molecule has 82 valence electrons. The first-order valence-electron chi connectivity index (χ1n) is 5.42. The predicted molar refractivity (Wildman–Crippen MR) is 56.4 cm³/mol. The number of ketones is 3. The van der Waals surface area contributed by atoms with Gasteiger partial charge in [-0.2, -0.15) is 0 Å². The van der Waals surface area contributed by atoms with Crippen molar-refractivity contribution in [3.63, 3.8) is 0 Å². The van der Waals surface area contributed by atoms with E-state index in [1.54, 1.807) is 0 Å². The number of carbonyl (C=O) groups excluding carboxylic acids is 3. The Morgan fingerprint density at radius 2 is 1.80 bits per heavy atom. The smallest absolute Gasteiger partial charge is 0.167 e.